The van der Waals surface area contributed by atoms with Crippen LogP contribution in [0.1, 0.15) is 29.8 Å². The summed E-state index contributed by atoms with van der Waals surface area (Å²) in [6.45, 7) is 2.39. The molecule has 1 aliphatic heterocycles. The van der Waals surface area contributed by atoms with E-state index in [0.29, 0.717) is 0 Å². The van der Waals surface area contributed by atoms with E-state index in [4.69, 9.17) is 4.74 Å². The summed E-state index contributed by atoms with van der Waals surface area (Å²) >= 11 is 0. The van der Waals surface area contributed by atoms with Crippen molar-refractivity contribution in [3.63, 3.8) is 0 Å². The van der Waals surface area contributed by atoms with Crippen LogP contribution in [0.3, 0.4) is 0 Å². The second kappa shape index (κ2) is 6.62. The van der Waals surface area contributed by atoms with Crippen molar-refractivity contribution in [2.24, 2.45) is 7.05 Å². The zero-order valence-corrected chi connectivity index (χ0v) is 13.6. The highest BCUT2D eigenvalue weighted by molar-refractivity contribution is 5.92. The van der Waals surface area contributed by atoms with Crippen molar-refractivity contribution in [2.45, 2.75) is 24.8 Å². The Morgan fingerprint density at radius 1 is 1.38 bits per heavy atom. The molecule has 0 aliphatic carbocycles. The van der Waals surface area contributed by atoms with Crippen LogP contribution < -0.4 is 0 Å². The van der Waals surface area contributed by atoms with Crippen molar-refractivity contribution in [1.29, 1.82) is 0 Å². The number of nitrogens with zero attached hydrogens (tertiary/aromatic N) is 3. The standard InChI is InChI=1S/C16H27N3O2/c1-17(2)16(9-13-21-4)7-11-19(12-8-16)15(20)14-6-5-10-18(14)3/h5-6,10H,7-9,11-13H2,1-4H3. The smallest absolute Gasteiger partial charge is 0.270 e. The maximum atomic E-state index is 12.5. The molecule has 0 spiro atoms. The summed E-state index contributed by atoms with van der Waals surface area (Å²) < 4.78 is 7.15. The molecule has 1 amide bonds. The third-order valence-electron chi connectivity index (χ3n) is 4.86. The lowest BCUT2D eigenvalue weighted by atomic mass is 9.83. The monoisotopic (exact) mass is 293 g/mol. The van der Waals surface area contributed by atoms with Gasteiger partial charge in [0.25, 0.3) is 5.91 Å². The molecule has 21 heavy (non-hydrogen) atoms. The second-order valence-electron chi connectivity index (χ2n) is 6.16. The molecule has 2 rings (SSSR count). The van der Waals surface area contributed by atoms with Gasteiger partial charge in [0, 0.05) is 45.6 Å². The number of hydrogen-bond acceptors (Lipinski definition) is 3. The lowest BCUT2D eigenvalue weighted by Gasteiger charge is -2.46. The maximum absolute atomic E-state index is 12.5. The molecular formula is C16H27N3O2. The zero-order valence-electron chi connectivity index (χ0n) is 13.6. The topological polar surface area (TPSA) is 37.7 Å². The average Bonchev–Trinajstić information content (AvgIpc) is 2.91. The van der Waals surface area contributed by atoms with Gasteiger partial charge in [-0.25, -0.2) is 0 Å². The molecule has 0 bridgehead atoms. The van der Waals surface area contributed by atoms with Crippen molar-refractivity contribution in [3.8, 4) is 0 Å². The number of amides is 1. The number of likely N-dealkylation sites (tertiary alicyclic amines) is 1. The summed E-state index contributed by atoms with van der Waals surface area (Å²) in [6.07, 6.45) is 4.93. The Balaban J connectivity index is 2.01. The fourth-order valence-electron chi connectivity index (χ4n) is 3.18. The Hall–Kier alpha value is -1.33. The van der Waals surface area contributed by atoms with Gasteiger partial charge in [-0.2, -0.15) is 0 Å². The first-order chi connectivity index (χ1) is 10.00. The van der Waals surface area contributed by atoms with E-state index >= 15 is 0 Å². The second-order valence-corrected chi connectivity index (χ2v) is 6.16. The van der Waals surface area contributed by atoms with Gasteiger partial charge < -0.3 is 19.1 Å². The minimum Gasteiger partial charge on any atom is -0.385 e. The van der Waals surface area contributed by atoms with Crippen LogP contribution in [0, 0.1) is 0 Å². The van der Waals surface area contributed by atoms with Crippen LogP contribution in [-0.2, 0) is 11.8 Å². The third kappa shape index (κ3) is 3.30. The predicted octanol–water partition coefficient (Wildman–Crippen LogP) is 1.60. The SMILES string of the molecule is COCCC1(N(C)C)CCN(C(=O)c2cccn2C)CC1. The van der Waals surface area contributed by atoms with Crippen molar-refractivity contribution < 1.29 is 9.53 Å². The van der Waals surface area contributed by atoms with Gasteiger partial charge in [0.2, 0.25) is 0 Å². The zero-order chi connectivity index (χ0) is 15.5. The normalized spacial score (nSPS) is 18.2. The first-order valence-corrected chi connectivity index (χ1v) is 7.57. The van der Waals surface area contributed by atoms with Crippen LogP contribution in [0.4, 0.5) is 0 Å². The van der Waals surface area contributed by atoms with E-state index in [0.717, 1.165) is 44.7 Å². The van der Waals surface area contributed by atoms with Gasteiger partial charge in [0.05, 0.1) is 0 Å². The summed E-state index contributed by atoms with van der Waals surface area (Å²) in [5.41, 5.74) is 0.922. The number of ether oxygens (including phenoxy) is 1. The van der Waals surface area contributed by atoms with Crippen molar-refractivity contribution in [2.75, 3.05) is 40.9 Å². The highest BCUT2D eigenvalue weighted by Gasteiger charge is 2.37. The summed E-state index contributed by atoms with van der Waals surface area (Å²) in [4.78, 5) is 16.8. The van der Waals surface area contributed by atoms with Crippen LogP contribution in [0.2, 0.25) is 0 Å². The van der Waals surface area contributed by atoms with Crippen molar-refractivity contribution in [3.05, 3.63) is 24.0 Å². The van der Waals surface area contributed by atoms with Gasteiger partial charge in [-0.15, -0.1) is 0 Å². The molecule has 2 heterocycles. The molecule has 1 aromatic heterocycles. The molecule has 0 atom stereocenters. The van der Waals surface area contributed by atoms with Gasteiger partial charge in [-0.05, 0) is 45.5 Å². The first-order valence-electron chi connectivity index (χ1n) is 7.57. The predicted molar refractivity (Wildman–Crippen MR) is 83.5 cm³/mol. The molecule has 0 unspecified atom stereocenters. The number of aromatic nitrogens is 1. The summed E-state index contributed by atoms with van der Waals surface area (Å²) in [6, 6.07) is 3.81. The fourth-order valence-corrected chi connectivity index (χ4v) is 3.18. The van der Waals surface area contributed by atoms with Gasteiger partial charge in [-0.3, -0.25) is 4.79 Å². The summed E-state index contributed by atoms with van der Waals surface area (Å²) in [5, 5.41) is 0. The quantitative estimate of drug-likeness (QED) is 0.827. The molecule has 1 aliphatic rings. The number of aryl methyl sites for hydroxylation is 1. The Bertz CT molecular complexity index is 474. The van der Waals surface area contributed by atoms with Crippen LogP contribution in [0.5, 0.6) is 0 Å². The van der Waals surface area contributed by atoms with Gasteiger partial charge in [0.15, 0.2) is 0 Å². The van der Waals surface area contributed by atoms with Crippen LogP contribution in [0.25, 0.3) is 0 Å². The number of hydrogen-bond donors (Lipinski definition) is 0. The van der Waals surface area contributed by atoms with E-state index < -0.39 is 0 Å². The number of rotatable bonds is 5. The van der Waals surface area contributed by atoms with E-state index in [1.165, 1.54) is 0 Å². The van der Waals surface area contributed by atoms with Gasteiger partial charge in [0.1, 0.15) is 5.69 Å². The molecule has 118 valence electrons. The Morgan fingerprint density at radius 2 is 2.05 bits per heavy atom. The molecule has 0 N–H and O–H groups in total. The number of carbonyl (C=O) groups is 1. The molecular weight excluding hydrogens is 266 g/mol. The van der Waals surface area contributed by atoms with E-state index in [1.54, 1.807) is 7.11 Å². The van der Waals surface area contributed by atoms with E-state index in [-0.39, 0.29) is 11.4 Å². The van der Waals surface area contributed by atoms with Crippen LogP contribution >= 0.6 is 0 Å². The van der Waals surface area contributed by atoms with E-state index in [9.17, 15) is 4.79 Å². The summed E-state index contributed by atoms with van der Waals surface area (Å²) in [5.74, 6) is 0.140. The molecule has 1 fully saturated rings. The fraction of sp³-hybridized carbons (Fsp3) is 0.688. The Labute approximate surface area is 127 Å². The first kappa shape index (κ1) is 16.0. The van der Waals surface area contributed by atoms with Crippen molar-refractivity contribution >= 4 is 5.91 Å². The average molecular weight is 293 g/mol. The number of methoxy groups -OCH3 is 1. The van der Waals surface area contributed by atoms with Gasteiger partial charge in [-0.1, -0.05) is 0 Å². The largest absolute Gasteiger partial charge is 0.385 e. The minimum atomic E-state index is 0.140. The highest BCUT2D eigenvalue weighted by Crippen LogP contribution is 2.31. The van der Waals surface area contributed by atoms with Crippen LogP contribution in [0.15, 0.2) is 18.3 Å². The van der Waals surface area contributed by atoms with Crippen LogP contribution in [-0.4, -0.2) is 66.7 Å². The lowest BCUT2D eigenvalue weighted by Crippen LogP contribution is -2.54. The molecule has 5 heteroatoms. The highest BCUT2D eigenvalue weighted by atomic mass is 16.5. The Morgan fingerprint density at radius 3 is 2.52 bits per heavy atom. The Kier molecular flexibility index (Phi) is 5.06. The molecule has 0 aromatic carbocycles. The maximum Gasteiger partial charge on any atom is 0.270 e. The molecule has 1 aromatic rings. The summed E-state index contributed by atoms with van der Waals surface area (Å²) in [7, 11) is 7.92. The van der Waals surface area contributed by atoms with Gasteiger partial charge >= 0.3 is 0 Å². The molecule has 5 nitrogen and oxygen atoms in total. The third-order valence-corrected chi connectivity index (χ3v) is 4.86. The molecule has 0 radical (unpaired) electrons. The number of carbonyl (C=O) groups excluding carboxylic acids is 1. The minimum absolute atomic E-state index is 0.140. The van der Waals surface area contributed by atoms with E-state index in [2.05, 4.69) is 19.0 Å². The van der Waals surface area contributed by atoms with Crippen molar-refractivity contribution in [1.82, 2.24) is 14.4 Å². The molecule has 0 saturated carbocycles. The number of piperidine rings is 1. The van der Waals surface area contributed by atoms with E-state index in [1.807, 2.05) is 34.8 Å². The molecule has 1 saturated heterocycles. The lowest BCUT2D eigenvalue weighted by molar-refractivity contribution is 0.0250.